The van der Waals surface area contributed by atoms with Gasteiger partial charge in [0.15, 0.2) is 0 Å². The zero-order valence-corrected chi connectivity index (χ0v) is 12.3. The van der Waals surface area contributed by atoms with Gasteiger partial charge in [-0.1, -0.05) is 12.1 Å². The van der Waals surface area contributed by atoms with Crippen LogP contribution in [0.1, 0.15) is 25.6 Å². The van der Waals surface area contributed by atoms with Crippen LogP contribution in [-0.2, 0) is 4.79 Å². The minimum absolute atomic E-state index is 0.0247. The molecule has 3 N–H and O–H groups in total. The number of aryl methyl sites for hydroxylation is 1. The average molecular weight is 284 g/mol. The first kappa shape index (κ1) is 15.1. The van der Waals surface area contributed by atoms with E-state index in [1.807, 2.05) is 44.2 Å². The lowest BCUT2D eigenvalue weighted by Gasteiger charge is -2.08. The zero-order valence-electron chi connectivity index (χ0n) is 12.3. The molecule has 5 nitrogen and oxygen atoms in total. The predicted octanol–water partition coefficient (Wildman–Crippen LogP) is 2.52. The predicted molar refractivity (Wildman–Crippen MR) is 83.7 cm³/mol. The average Bonchev–Trinajstić information content (AvgIpc) is 2.45. The van der Waals surface area contributed by atoms with Crippen molar-refractivity contribution in [3.63, 3.8) is 0 Å². The summed E-state index contributed by atoms with van der Waals surface area (Å²) in [6, 6.07) is 9.51. The lowest BCUT2D eigenvalue weighted by Crippen LogP contribution is -2.19. The molecule has 0 radical (unpaired) electrons. The second-order valence-electron chi connectivity index (χ2n) is 5.13. The first-order valence-corrected chi connectivity index (χ1v) is 7.00. The Morgan fingerprint density at radius 3 is 2.90 bits per heavy atom. The Morgan fingerprint density at radius 2 is 2.19 bits per heavy atom. The lowest BCUT2D eigenvalue weighted by atomic mass is 10.1. The molecule has 0 saturated carbocycles. The Bertz CT molecular complexity index is 625. The van der Waals surface area contributed by atoms with Crippen LogP contribution in [0.4, 0.5) is 5.69 Å². The molecule has 0 saturated heterocycles. The summed E-state index contributed by atoms with van der Waals surface area (Å²) in [6.07, 6.45) is 2.83. The lowest BCUT2D eigenvalue weighted by molar-refractivity contribution is -0.116. The van der Waals surface area contributed by atoms with Crippen molar-refractivity contribution in [1.29, 1.82) is 0 Å². The number of benzene rings is 1. The van der Waals surface area contributed by atoms with Crippen molar-refractivity contribution < 1.29 is 4.79 Å². The molecule has 0 bridgehead atoms. The van der Waals surface area contributed by atoms with E-state index in [-0.39, 0.29) is 11.9 Å². The van der Waals surface area contributed by atoms with E-state index < -0.39 is 0 Å². The third-order valence-corrected chi connectivity index (χ3v) is 3.04. The highest BCUT2D eigenvalue weighted by atomic mass is 16.1. The molecule has 2 aromatic rings. The van der Waals surface area contributed by atoms with Crippen LogP contribution in [-0.4, -0.2) is 21.9 Å². The third kappa shape index (κ3) is 4.65. The molecule has 0 aliphatic carbocycles. The largest absolute Gasteiger partial charge is 0.328 e. The number of anilines is 1. The molecule has 0 aliphatic rings. The van der Waals surface area contributed by atoms with E-state index in [0.29, 0.717) is 12.8 Å². The third-order valence-electron chi connectivity index (χ3n) is 3.04. The van der Waals surface area contributed by atoms with E-state index in [1.54, 1.807) is 6.20 Å². The molecular weight excluding hydrogens is 264 g/mol. The van der Waals surface area contributed by atoms with E-state index in [4.69, 9.17) is 5.73 Å². The maximum absolute atomic E-state index is 11.8. The van der Waals surface area contributed by atoms with Crippen LogP contribution in [0.2, 0.25) is 0 Å². The maximum Gasteiger partial charge on any atom is 0.224 e. The van der Waals surface area contributed by atoms with Gasteiger partial charge in [0.2, 0.25) is 5.91 Å². The fourth-order valence-corrected chi connectivity index (χ4v) is 1.96. The molecule has 110 valence electrons. The number of carbonyl (C=O) groups excluding carboxylic acids is 1. The fraction of sp³-hybridized carbons (Fsp3) is 0.312. The monoisotopic (exact) mass is 284 g/mol. The summed E-state index contributed by atoms with van der Waals surface area (Å²) in [7, 11) is 0. The molecule has 0 spiro atoms. The number of nitrogens with zero attached hydrogens (tertiary/aromatic N) is 2. The summed E-state index contributed by atoms with van der Waals surface area (Å²) in [5.74, 6) is 0.696. The number of aromatic nitrogens is 2. The van der Waals surface area contributed by atoms with Crippen molar-refractivity contribution in [3.8, 4) is 11.3 Å². The number of hydrogen-bond donors (Lipinski definition) is 2. The van der Waals surface area contributed by atoms with E-state index in [2.05, 4.69) is 15.3 Å². The topological polar surface area (TPSA) is 80.9 Å². The van der Waals surface area contributed by atoms with E-state index in [1.165, 1.54) is 0 Å². The molecule has 5 heteroatoms. The van der Waals surface area contributed by atoms with Crippen molar-refractivity contribution >= 4 is 11.6 Å². The van der Waals surface area contributed by atoms with Gasteiger partial charge in [-0.15, -0.1) is 0 Å². The molecule has 1 unspecified atom stereocenters. The molecule has 1 aromatic carbocycles. The van der Waals surface area contributed by atoms with Crippen molar-refractivity contribution in [3.05, 3.63) is 42.4 Å². The Morgan fingerprint density at radius 1 is 1.38 bits per heavy atom. The minimum atomic E-state index is -0.0247. The summed E-state index contributed by atoms with van der Waals surface area (Å²) in [5, 5.41) is 2.88. The van der Waals surface area contributed by atoms with Crippen molar-refractivity contribution in [1.82, 2.24) is 9.97 Å². The Balaban J connectivity index is 2.09. The highest BCUT2D eigenvalue weighted by Crippen LogP contribution is 2.20. The van der Waals surface area contributed by atoms with Gasteiger partial charge < -0.3 is 11.1 Å². The number of amides is 1. The zero-order chi connectivity index (χ0) is 15.2. The summed E-state index contributed by atoms with van der Waals surface area (Å²) < 4.78 is 0. The first-order chi connectivity index (χ1) is 10.0. The molecule has 1 atom stereocenters. The van der Waals surface area contributed by atoms with Gasteiger partial charge >= 0.3 is 0 Å². The number of nitrogens with one attached hydrogen (secondary N) is 1. The van der Waals surface area contributed by atoms with Crippen LogP contribution in [0.5, 0.6) is 0 Å². The maximum atomic E-state index is 11.8. The highest BCUT2D eigenvalue weighted by Gasteiger charge is 2.06. The summed E-state index contributed by atoms with van der Waals surface area (Å²) in [4.78, 5) is 20.3. The second-order valence-corrected chi connectivity index (χ2v) is 5.13. The van der Waals surface area contributed by atoms with Gasteiger partial charge in [-0.3, -0.25) is 4.79 Å². The molecule has 2 rings (SSSR count). The molecule has 1 amide bonds. The summed E-state index contributed by atoms with van der Waals surface area (Å²) >= 11 is 0. The normalized spacial score (nSPS) is 12.0. The fourth-order valence-electron chi connectivity index (χ4n) is 1.96. The van der Waals surface area contributed by atoms with Crippen LogP contribution in [0.3, 0.4) is 0 Å². The van der Waals surface area contributed by atoms with Crippen molar-refractivity contribution in [2.45, 2.75) is 32.7 Å². The van der Waals surface area contributed by atoms with Crippen LogP contribution in [0.15, 0.2) is 36.5 Å². The molecule has 21 heavy (non-hydrogen) atoms. The number of rotatable bonds is 5. The quantitative estimate of drug-likeness (QED) is 0.884. The van der Waals surface area contributed by atoms with Gasteiger partial charge in [-0.25, -0.2) is 9.97 Å². The van der Waals surface area contributed by atoms with Gasteiger partial charge in [0, 0.05) is 29.9 Å². The van der Waals surface area contributed by atoms with Gasteiger partial charge in [0.1, 0.15) is 5.82 Å². The van der Waals surface area contributed by atoms with Gasteiger partial charge in [-0.05, 0) is 38.5 Å². The van der Waals surface area contributed by atoms with E-state index in [0.717, 1.165) is 22.8 Å². The molecule has 0 aliphatic heterocycles. The van der Waals surface area contributed by atoms with Crippen LogP contribution >= 0.6 is 0 Å². The molecule has 1 aromatic heterocycles. The summed E-state index contributed by atoms with van der Waals surface area (Å²) in [5.41, 5.74) is 8.21. The van der Waals surface area contributed by atoms with Crippen molar-refractivity contribution in [2.24, 2.45) is 5.73 Å². The first-order valence-electron chi connectivity index (χ1n) is 7.00. The van der Waals surface area contributed by atoms with Crippen LogP contribution in [0, 0.1) is 6.92 Å². The number of nitrogens with two attached hydrogens (primary N) is 1. The standard InChI is InChI=1S/C16H20N4O/c1-11(17)6-7-16(21)20-14-5-3-4-13(10-14)15-8-9-18-12(2)19-15/h3-5,8-11H,6-7,17H2,1-2H3,(H,20,21). The Kier molecular flexibility index (Phi) is 5.00. The minimum Gasteiger partial charge on any atom is -0.328 e. The summed E-state index contributed by atoms with van der Waals surface area (Å²) in [6.45, 7) is 3.74. The Labute approximate surface area is 124 Å². The Hall–Kier alpha value is -2.27. The van der Waals surface area contributed by atoms with Crippen LogP contribution in [0.25, 0.3) is 11.3 Å². The SMILES string of the molecule is Cc1nccc(-c2cccc(NC(=O)CCC(C)N)c2)n1. The smallest absolute Gasteiger partial charge is 0.224 e. The van der Waals surface area contributed by atoms with Gasteiger partial charge in [0.25, 0.3) is 0 Å². The van der Waals surface area contributed by atoms with Gasteiger partial charge in [0.05, 0.1) is 5.69 Å². The van der Waals surface area contributed by atoms with Crippen LogP contribution < -0.4 is 11.1 Å². The number of carbonyl (C=O) groups is 1. The number of hydrogen-bond acceptors (Lipinski definition) is 4. The molecule has 1 heterocycles. The van der Waals surface area contributed by atoms with E-state index >= 15 is 0 Å². The second kappa shape index (κ2) is 6.95. The van der Waals surface area contributed by atoms with Crippen molar-refractivity contribution in [2.75, 3.05) is 5.32 Å². The van der Waals surface area contributed by atoms with Gasteiger partial charge in [-0.2, -0.15) is 0 Å². The van der Waals surface area contributed by atoms with E-state index in [9.17, 15) is 4.79 Å². The highest BCUT2D eigenvalue weighted by molar-refractivity contribution is 5.91. The molecule has 0 fully saturated rings. The molecular formula is C16H20N4O.